The molecular formula is C12H16O3. The standard InChI is InChI=1S/C12H16O3/c1-6(2)7-3-4-8-9(5-7)11(14)12(15)10(8)13/h6-9H,3-5H2,1-2H3. The molecule has 0 aromatic heterocycles. The first kappa shape index (κ1) is 10.5. The van der Waals surface area contributed by atoms with Gasteiger partial charge in [-0.1, -0.05) is 13.8 Å². The first-order valence-corrected chi connectivity index (χ1v) is 5.64. The van der Waals surface area contributed by atoms with E-state index in [2.05, 4.69) is 13.8 Å². The Morgan fingerprint density at radius 3 is 2.20 bits per heavy atom. The first-order valence-electron chi connectivity index (χ1n) is 5.64. The second-order valence-electron chi connectivity index (χ2n) is 5.09. The van der Waals surface area contributed by atoms with Crippen LogP contribution in [0.15, 0.2) is 0 Å². The maximum Gasteiger partial charge on any atom is 0.264 e. The highest BCUT2D eigenvalue weighted by Gasteiger charge is 2.51. The van der Waals surface area contributed by atoms with Crippen LogP contribution < -0.4 is 0 Å². The predicted molar refractivity (Wildman–Crippen MR) is 54.2 cm³/mol. The molecule has 2 aliphatic carbocycles. The van der Waals surface area contributed by atoms with Gasteiger partial charge in [-0.15, -0.1) is 0 Å². The maximum atomic E-state index is 11.5. The van der Waals surface area contributed by atoms with Crippen LogP contribution in [0.2, 0.25) is 0 Å². The summed E-state index contributed by atoms with van der Waals surface area (Å²) >= 11 is 0. The van der Waals surface area contributed by atoms with E-state index in [4.69, 9.17) is 0 Å². The minimum atomic E-state index is -0.741. The molecule has 0 radical (unpaired) electrons. The average molecular weight is 208 g/mol. The molecule has 0 saturated heterocycles. The van der Waals surface area contributed by atoms with Gasteiger partial charge in [0.15, 0.2) is 0 Å². The molecule has 0 aromatic carbocycles. The zero-order chi connectivity index (χ0) is 11.2. The molecule has 2 fully saturated rings. The number of fused-ring (bicyclic) bond motifs is 1. The van der Waals surface area contributed by atoms with Gasteiger partial charge in [-0.25, -0.2) is 0 Å². The number of carbonyl (C=O) groups is 3. The summed E-state index contributed by atoms with van der Waals surface area (Å²) in [7, 11) is 0. The van der Waals surface area contributed by atoms with Crippen LogP contribution in [-0.4, -0.2) is 17.3 Å². The third-order valence-electron chi connectivity index (χ3n) is 3.95. The number of rotatable bonds is 1. The summed E-state index contributed by atoms with van der Waals surface area (Å²) in [5, 5.41) is 0. The van der Waals surface area contributed by atoms with Gasteiger partial charge < -0.3 is 0 Å². The molecule has 0 bridgehead atoms. The molecule has 0 aromatic rings. The number of Topliss-reactive ketones (excluding diaryl/α,β-unsaturated/α-hetero) is 3. The first-order chi connectivity index (χ1) is 7.02. The van der Waals surface area contributed by atoms with Crippen LogP contribution in [-0.2, 0) is 14.4 Å². The van der Waals surface area contributed by atoms with Gasteiger partial charge >= 0.3 is 0 Å². The summed E-state index contributed by atoms with van der Waals surface area (Å²) in [6, 6.07) is 0. The van der Waals surface area contributed by atoms with Gasteiger partial charge in [0.1, 0.15) is 0 Å². The molecule has 15 heavy (non-hydrogen) atoms. The Labute approximate surface area is 89.2 Å². The van der Waals surface area contributed by atoms with E-state index in [0.29, 0.717) is 11.8 Å². The monoisotopic (exact) mass is 208 g/mol. The van der Waals surface area contributed by atoms with E-state index in [1.807, 2.05) is 0 Å². The van der Waals surface area contributed by atoms with E-state index in [0.717, 1.165) is 19.3 Å². The van der Waals surface area contributed by atoms with Crippen LogP contribution in [0.1, 0.15) is 33.1 Å². The van der Waals surface area contributed by atoms with Crippen LogP contribution >= 0.6 is 0 Å². The van der Waals surface area contributed by atoms with Gasteiger partial charge in [-0.3, -0.25) is 14.4 Å². The van der Waals surface area contributed by atoms with Gasteiger partial charge in [-0.2, -0.15) is 0 Å². The Bertz CT molecular complexity index is 330. The molecule has 0 N–H and O–H groups in total. The van der Waals surface area contributed by atoms with Gasteiger partial charge in [0, 0.05) is 11.8 Å². The van der Waals surface area contributed by atoms with Crippen molar-refractivity contribution in [3.05, 3.63) is 0 Å². The summed E-state index contributed by atoms with van der Waals surface area (Å²) in [6.45, 7) is 4.27. The largest absolute Gasteiger partial charge is 0.290 e. The molecule has 0 spiro atoms. The maximum absolute atomic E-state index is 11.5. The number of carbonyl (C=O) groups excluding carboxylic acids is 3. The van der Waals surface area contributed by atoms with Crippen LogP contribution in [0.4, 0.5) is 0 Å². The molecule has 0 aliphatic heterocycles. The van der Waals surface area contributed by atoms with Crippen LogP contribution in [0.3, 0.4) is 0 Å². The van der Waals surface area contributed by atoms with Gasteiger partial charge in [0.25, 0.3) is 5.78 Å². The van der Waals surface area contributed by atoms with E-state index >= 15 is 0 Å². The molecular weight excluding hydrogens is 192 g/mol. The molecule has 3 atom stereocenters. The van der Waals surface area contributed by atoms with Gasteiger partial charge in [0.05, 0.1) is 0 Å². The molecule has 3 heteroatoms. The summed E-state index contributed by atoms with van der Waals surface area (Å²) in [4.78, 5) is 34.3. The minimum absolute atomic E-state index is 0.278. The summed E-state index contributed by atoms with van der Waals surface area (Å²) < 4.78 is 0. The third-order valence-corrected chi connectivity index (χ3v) is 3.95. The smallest absolute Gasteiger partial charge is 0.264 e. The van der Waals surface area contributed by atoms with E-state index in [9.17, 15) is 14.4 Å². The fourth-order valence-electron chi connectivity index (χ4n) is 2.87. The Kier molecular flexibility index (Phi) is 2.49. The van der Waals surface area contributed by atoms with E-state index < -0.39 is 17.3 Å². The molecule has 3 nitrogen and oxygen atoms in total. The summed E-state index contributed by atoms with van der Waals surface area (Å²) in [5.74, 6) is -1.12. The van der Waals surface area contributed by atoms with Crippen LogP contribution in [0, 0.1) is 23.7 Å². The van der Waals surface area contributed by atoms with Crippen molar-refractivity contribution in [1.29, 1.82) is 0 Å². The van der Waals surface area contributed by atoms with Gasteiger partial charge in [0.2, 0.25) is 11.6 Å². The van der Waals surface area contributed by atoms with Crippen molar-refractivity contribution in [2.75, 3.05) is 0 Å². The Balaban J connectivity index is 2.18. The lowest BCUT2D eigenvalue weighted by molar-refractivity contribution is -0.141. The molecule has 82 valence electrons. The molecule has 2 aliphatic rings. The quantitative estimate of drug-likeness (QED) is 0.612. The second-order valence-corrected chi connectivity index (χ2v) is 5.09. The molecule has 0 amide bonds. The Morgan fingerprint density at radius 1 is 1.00 bits per heavy atom. The molecule has 2 rings (SSSR count). The number of hydrogen-bond donors (Lipinski definition) is 0. The lowest BCUT2D eigenvalue weighted by Crippen LogP contribution is -2.29. The van der Waals surface area contributed by atoms with E-state index in [1.54, 1.807) is 0 Å². The van der Waals surface area contributed by atoms with Crippen molar-refractivity contribution in [2.24, 2.45) is 23.7 Å². The van der Waals surface area contributed by atoms with Crippen molar-refractivity contribution >= 4 is 17.3 Å². The van der Waals surface area contributed by atoms with Crippen molar-refractivity contribution < 1.29 is 14.4 Å². The number of ketones is 3. The minimum Gasteiger partial charge on any atom is -0.290 e. The van der Waals surface area contributed by atoms with Crippen molar-refractivity contribution in [3.63, 3.8) is 0 Å². The summed E-state index contributed by atoms with van der Waals surface area (Å²) in [5.41, 5.74) is 0. The Hall–Kier alpha value is -0.990. The lowest BCUT2D eigenvalue weighted by atomic mass is 9.71. The second kappa shape index (κ2) is 3.54. The Morgan fingerprint density at radius 2 is 1.60 bits per heavy atom. The normalized spacial score (nSPS) is 36.2. The zero-order valence-corrected chi connectivity index (χ0v) is 9.16. The van der Waals surface area contributed by atoms with Crippen molar-refractivity contribution in [1.82, 2.24) is 0 Å². The number of hydrogen-bond acceptors (Lipinski definition) is 3. The molecule has 0 heterocycles. The fourth-order valence-corrected chi connectivity index (χ4v) is 2.87. The van der Waals surface area contributed by atoms with E-state index in [1.165, 1.54) is 0 Å². The highest BCUT2D eigenvalue weighted by atomic mass is 16.2. The van der Waals surface area contributed by atoms with Crippen LogP contribution in [0.5, 0.6) is 0 Å². The average Bonchev–Trinajstić information content (AvgIpc) is 2.44. The van der Waals surface area contributed by atoms with Crippen LogP contribution in [0.25, 0.3) is 0 Å². The third kappa shape index (κ3) is 1.54. The fraction of sp³-hybridized carbons (Fsp3) is 0.750. The lowest BCUT2D eigenvalue weighted by Gasteiger charge is -2.31. The molecule has 2 saturated carbocycles. The highest BCUT2D eigenvalue weighted by Crippen LogP contribution is 2.41. The van der Waals surface area contributed by atoms with Crippen molar-refractivity contribution in [2.45, 2.75) is 33.1 Å². The SMILES string of the molecule is CC(C)C1CCC2C(=O)C(=O)C(=O)C2C1. The molecule has 3 unspecified atom stereocenters. The highest BCUT2D eigenvalue weighted by molar-refractivity contribution is 6.68. The van der Waals surface area contributed by atoms with E-state index in [-0.39, 0.29) is 11.8 Å². The van der Waals surface area contributed by atoms with Gasteiger partial charge in [-0.05, 0) is 31.1 Å². The summed E-state index contributed by atoms with van der Waals surface area (Å²) in [6.07, 6.45) is 2.44. The van der Waals surface area contributed by atoms with Crippen molar-refractivity contribution in [3.8, 4) is 0 Å². The predicted octanol–water partition coefficient (Wildman–Crippen LogP) is 1.40. The topological polar surface area (TPSA) is 51.2 Å². The zero-order valence-electron chi connectivity index (χ0n) is 9.16.